The normalized spacial score (nSPS) is 12.4. The maximum atomic E-state index is 8.71. The zero-order valence-electron chi connectivity index (χ0n) is 12.5. The number of methoxy groups -OCH3 is 1. The van der Waals surface area contributed by atoms with Crippen LogP contribution in [-0.2, 0) is 6.54 Å². The lowest BCUT2D eigenvalue weighted by atomic mass is 9.86. The lowest BCUT2D eigenvalue weighted by Gasteiger charge is -2.22. The molecular formula is C15H25N3O2. The van der Waals surface area contributed by atoms with Crippen molar-refractivity contribution in [2.24, 2.45) is 16.3 Å². The second-order valence-electron chi connectivity index (χ2n) is 5.46. The smallest absolute Gasteiger partial charge is 0.144 e. The molecule has 0 unspecified atom stereocenters. The first-order valence-electron chi connectivity index (χ1n) is 6.82. The van der Waals surface area contributed by atoms with Gasteiger partial charge < -0.3 is 21.0 Å². The molecule has 20 heavy (non-hydrogen) atoms. The molecule has 0 spiro atoms. The zero-order valence-corrected chi connectivity index (χ0v) is 12.5. The number of hydrogen-bond acceptors (Lipinski definition) is 4. The van der Waals surface area contributed by atoms with Crippen molar-refractivity contribution in [3.8, 4) is 5.75 Å². The second kappa shape index (κ2) is 7.75. The Balaban J connectivity index is 2.32. The molecule has 0 aliphatic carbocycles. The van der Waals surface area contributed by atoms with Crippen LogP contribution in [0.3, 0.4) is 0 Å². The number of nitrogens with two attached hydrogens (primary N) is 1. The maximum Gasteiger partial charge on any atom is 0.144 e. The summed E-state index contributed by atoms with van der Waals surface area (Å²) >= 11 is 0. The Hall–Kier alpha value is -1.75. The molecule has 0 radical (unpaired) electrons. The SMILES string of the molecule is COc1ccccc1CNCCCC(C)(C)C(N)=NO. The van der Waals surface area contributed by atoms with Gasteiger partial charge in [0, 0.05) is 17.5 Å². The molecule has 0 aromatic heterocycles. The molecule has 0 saturated heterocycles. The molecule has 0 heterocycles. The van der Waals surface area contributed by atoms with Crippen LogP contribution in [0.15, 0.2) is 29.4 Å². The van der Waals surface area contributed by atoms with E-state index in [1.807, 2.05) is 38.1 Å². The molecule has 1 aromatic rings. The van der Waals surface area contributed by atoms with Gasteiger partial charge in [0.05, 0.1) is 7.11 Å². The van der Waals surface area contributed by atoms with Gasteiger partial charge in [-0.25, -0.2) is 0 Å². The summed E-state index contributed by atoms with van der Waals surface area (Å²) in [4.78, 5) is 0. The van der Waals surface area contributed by atoms with Crippen LogP contribution in [0.4, 0.5) is 0 Å². The Labute approximate surface area is 120 Å². The van der Waals surface area contributed by atoms with Crippen molar-refractivity contribution < 1.29 is 9.94 Å². The Morgan fingerprint density at radius 2 is 2.10 bits per heavy atom. The molecular weight excluding hydrogens is 254 g/mol. The van der Waals surface area contributed by atoms with E-state index in [0.717, 1.165) is 37.2 Å². The average molecular weight is 279 g/mol. The highest BCUT2D eigenvalue weighted by molar-refractivity contribution is 5.85. The minimum absolute atomic E-state index is 0.277. The van der Waals surface area contributed by atoms with Gasteiger partial charge in [0.2, 0.25) is 0 Å². The number of hydrogen-bond donors (Lipinski definition) is 3. The minimum Gasteiger partial charge on any atom is -0.496 e. The molecule has 0 bridgehead atoms. The number of oxime groups is 1. The van der Waals surface area contributed by atoms with Crippen molar-refractivity contribution in [3.63, 3.8) is 0 Å². The third-order valence-electron chi connectivity index (χ3n) is 3.46. The Kier molecular flexibility index (Phi) is 6.31. The number of benzene rings is 1. The summed E-state index contributed by atoms with van der Waals surface area (Å²) in [7, 11) is 1.68. The maximum absolute atomic E-state index is 8.71. The molecule has 0 atom stereocenters. The minimum atomic E-state index is -0.277. The topological polar surface area (TPSA) is 79.9 Å². The molecule has 0 aliphatic rings. The monoisotopic (exact) mass is 279 g/mol. The van der Waals surface area contributed by atoms with Gasteiger partial charge >= 0.3 is 0 Å². The van der Waals surface area contributed by atoms with Crippen LogP contribution < -0.4 is 15.8 Å². The van der Waals surface area contributed by atoms with Crippen molar-refractivity contribution in [1.29, 1.82) is 0 Å². The molecule has 0 saturated carbocycles. The lowest BCUT2D eigenvalue weighted by molar-refractivity contribution is 0.304. The summed E-state index contributed by atoms with van der Waals surface area (Å²) in [6.07, 6.45) is 1.82. The summed E-state index contributed by atoms with van der Waals surface area (Å²) in [5, 5.41) is 15.2. The van der Waals surface area contributed by atoms with E-state index in [-0.39, 0.29) is 11.3 Å². The summed E-state index contributed by atoms with van der Waals surface area (Å²) in [6.45, 7) is 5.60. The summed E-state index contributed by atoms with van der Waals surface area (Å²) in [5.74, 6) is 1.18. The lowest BCUT2D eigenvalue weighted by Crippen LogP contribution is -2.32. The van der Waals surface area contributed by atoms with Crippen molar-refractivity contribution in [1.82, 2.24) is 5.32 Å². The standard InChI is InChI=1S/C15H25N3O2/c1-15(2,14(16)18-19)9-6-10-17-11-12-7-4-5-8-13(12)20-3/h4-5,7-8,17,19H,6,9-11H2,1-3H3,(H2,16,18). The highest BCUT2D eigenvalue weighted by Crippen LogP contribution is 2.22. The highest BCUT2D eigenvalue weighted by Gasteiger charge is 2.22. The number of amidine groups is 1. The van der Waals surface area contributed by atoms with Crippen LogP contribution in [0.1, 0.15) is 32.3 Å². The zero-order chi connectivity index (χ0) is 15.0. The second-order valence-corrected chi connectivity index (χ2v) is 5.46. The van der Waals surface area contributed by atoms with Crippen molar-refractivity contribution in [3.05, 3.63) is 29.8 Å². The van der Waals surface area contributed by atoms with Gasteiger partial charge in [0.1, 0.15) is 11.6 Å². The van der Waals surface area contributed by atoms with E-state index in [0.29, 0.717) is 0 Å². The fraction of sp³-hybridized carbons (Fsp3) is 0.533. The van der Waals surface area contributed by atoms with E-state index in [9.17, 15) is 0 Å². The fourth-order valence-corrected chi connectivity index (χ4v) is 1.99. The van der Waals surface area contributed by atoms with Gasteiger partial charge in [-0.1, -0.05) is 37.2 Å². The average Bonchev–Trinajstić information content (AvgIpc) is 2.46. The van der Waals surface area contributed by atoms with Crippen LogP contribution in [0, 0.1) is 5.41 Å². The van der Waals surface area contributed by atoms with E-state index < -0.39 is 0 Å². The van der Waals surface area contributed by atoms with Gasteiger partial charge in [-0.15, -0.1) is 0 Å². The van der Waals surface area contributed by atoms with Crippen LogP contribution in [0.2, 0.25) is 0 Å². The van der Waals surface area contributed by atoms with Crippen LogP contribution in [-0.4, -0.2) is 24.7 Å². The Bertz CT molecular complexity index is 444. The van der Waals surface area contributed by atoms with Crippen molar-refractivity contribution in [2.45, 2.75) is 33.2 Å². The number of ether oxygens (including phenoxy) is 1. The molecule has 0 fully saturated rings. The predicted molar refractivity (Wildman–Crippen MR) is 81.1 cm³/mol. The molecule has 1 aromatic carbocycles. The molecule has 5 nitrogen and oxygen atoms in total. The van der Waals surface area contributed by atoms with Gasteiger partial charge in [-0.05, 0) is 25.5 Å². The third kappa shape index (κ3) is 4.74. The van der Waals surface area contributed by atoms with Gasteiger partial charge in [0.15, 0.2) is 0 Å². The van der Waals surface area contributed by atoms with Crippen LogP contribution in [0.5, 0.6) is 5.75 Å². The first kappa shape index (κ1) is 16.3. The predicted octanol–water partition coefficient (Wildman–Crippen LogP) is 2.34. The summed E-state index contributed by atoms with van der Waals surface area (Å²) in [6, 6.07) is 7.97. The van der Waals surface area contributed by atoms with Gasteiger partial charge in [-0.2, -0.15) is 0 Å². The first-order valence-corrected chi connectivity index (χ1v) is 6.82. The van der Waals surface area contributed by atoms with E-state index in [4.69, 9.17) is 15.7 Å². The number of rotatable bonds is 8. The molecule has 5 heteroatoms. The quantitative estimate of drug-likeness (QED) is 0.224. The number of nitrogens with zero attached hydrogens (tertiary/aromatic N) is 1. The van der Waals surface area contributed by atoms with Crippen LogP contribution >= 0.6 is 0 Å². The van der Waals surface area contributed by atoms with Gasteiger partial charge in [0.25, 0.3) is 0 Å². The summed E-state index contributed by atoms with van der Waals surface area (Å²) < 4.78 is 5.30. The third-order valence-corrected chi connectivity index (χ3v) is 3.46. The number of para-hydroxylation sites is 1. The molecule has 0 aliphatic heterocycles. The largest absolute Gasteiger partial charge is 0.496 e. The fourth-order valence-electron chi connectivity index (χ4n) is 1.99. The number of nitrogens with one attached hydrogen (secondary N) is 1. The highest BCUT2D eigenvalue weighted by atomic mass is 16.5. The first-order chi connectivity index (χ1) is 9.51. The molecule has 112 valence electrons. The van der Waals surface area contributed by atoms with Crippen LogP contribution in [0.25, 0.3) is 0 Å². The molecule has 0 amide bonds. The van der Waals surface area contributed by atoms with Gasteiger partial charge in [-0.3, -0.25) is 0 Å². The van der Waals surface area contributed by atoms with E-state index in [1.54, 1.807) is 7.11 Å². The molecule has 1 rings (SSSR count). The van der Waals surface area contributed by atoms with E-state index >= 15 is 0 Å². The summed E-state index contributed by atoms with van der Waals surface area (Å²) in [5.41, 5.74) is 6.52. The Morgan fingerprint density at radius 1 is 1.40 bits per heavy atom. The van der Waals surface area contributed by atoms with Crippen molar-refractivity contribution >= 4 is 5.84 Å². The van der Waals surface area contributed by atoms with Crippen molar-refractivity contribution in [2.75, 3.05) is 13.7 Å². The molecule has 4 N–H and O–H groups in total. The van der Waals surface area contributed by atoms with E-state index in [1.165, 1.54) is 0 Å². The van der Waals surface area contributed by atoms with E-state index in [2.05, 4.69) is 10.5 Å². The Morgan fingerprint density at radius 3 is 2.75 bits per heavy atom.